The van der Waals surface area contributed by atoms with Crippen molar-refractivity contribution in [2.24, 2.45) is 5.92 Å². The SMILES string of the molecule is CCC(CO)CN(C)c1ccc2nc[nH]c2c1. The van der Waals surface area contributed by atoms with E-state index >= 15 is 0 Å². The van der Waals surface area contributed by atoms with E-state index in [4.69, 9.17) is 0 Å². The molecule has 92 valence electrons. The van der Waals surface area contributed by atoms with Crippen molar-refractivity contribution in [2.45, 2.75) is 13.3 Å². The third-order valence-electron chi connectivity index (χ3n) is 3.21. The first-order chi connectivity index (χ1) is 8.24. The van der Waals surface area contributed by atoms with Gasteiger partial charge in [-0.2, -0.15) is 0 Å². The minimum Gasteiger partial charge on any atom is -0.396 e. The number of benzene rings is 1. The van der Waals surface area contributed by atoms with Gasteiger partial charge in [-0.3, -0.25) is 0 Å². The summed E-state index contributed by atoms with van der Waals surface area (Å²) in [5, 5.41) is 9.22. The fourth-order valence-corrected chi connectivity index (χ4v) is 1.97. The van der Waals surface area contributed by atoms with Crippen LogP contribution in [0.1, 0.15) is 13.3 Å². The van der Waals surface area contributed by atoms with E-state index in [9.17, 15) is 5.11 Å². The van der Waals surface area contributed by atoms with Gasteiger partial charge >= 0.3 is 0 Å². The molecule has 1 heterocycles. The van der Waals surface area contributed by atoms with Crippen LogP contribution < -0.4 is 4.90 Å². The van der Waals surface area contributed by atoms with Crippen molar-refractivity contribution in [3.63, 3.8) is 0 Å². The molecule has 17 heavy (non-hydrogen) atoms. The van der Waals surface area contributed by atoms with E-state index in [-0.39, 0.29) is 6.61 Å². The molecule has 0 bridgehead atoms. The van der Waals surface area contributed by atoms with Crippen LogP contribution in [0.5, 0.6) is 0 Å². The van der Waals surface area contributed by atoms with Crippen LogP contribution in [-0.4, -0.2) is 35.3 Å². The van der Waals surface area contributed by atoms with Crippen molar-refractivity contribution in [1.29, 1.82) is 0 Å². The molecule has 0 aliphatic rings. The first-order valence-electron chi connectivity index (χ1n) is 5.99. The van der Waals surface area contributed by atoms with Crippen LogP contribution in [0, 0.1) is 5.92 Å². The minimum atomic E-state index is 0.243. The van der Waals surface area contributed by atoms with E-state index in [1.165, 1.54) is 0 Å². The van der Waals surface area contributed by atoms with Gasteiger partial charge in [0.1, 0.15) is 0 Å². The van der Waals surface area contributed by atoms with Gasteiger partial charge in [-0.25, -0.2) is 4.98 Å². The van der Waals surface area contributed by atoms with Gasteiger partial charge in [-0.15, -0.1) is 0 Å². The molecule has 1 atom stereocenters. The second-order valence-corrected chi connectivity index (χ2v) is 4.44. The molecule has 1 aromatic carbocycles. The molecule has 0 fully saturated rings. The largest absolute Gasteiger partial charge is 0.396 e. The fourth-order valence-electron chi connectivity index (χ4n) is 1.97. The van der Waals surface area contributed by atoms with Gasteiger partial charge in [-0.05, 0) is 30.5 Å². The summed E-state index contributed by atoms with van der Waals surface area (Å²) >= 11 is 0. The Kier molecular flexibility index (Phi) is 3.64. The third-order valence-corrected chi connectivity index (χ3v) is 3.21. The zero-order valence-corrected chi connectivity index (χ0v) is 10.3. The molecule has 4 nitrogen and oxygen atoms in total. The maximum atomic E-state index is 9.22. The predicted molar refractivity (Wildman–Crippen MR) is 70.2 cm³/mol. The van der Waals surface area contributed by atoms with E-state index in [0.29, 0.717) is 5.92 Å². The van der Waals surface area contributed by atoms with Crippen LogP contribution in [0.3, 0.4) is 0 Å². The van der Waals surface area contributed by atoms with E-state index in [1.54, 1.807) is 6.33 Å². The fraction of sp³-hybridized carbons (Fsp3) is 0.462. The van der Waals surface area contributed by atoms with E-state index < -0.39 is 0 Å². The Labute approximate surface area is 101 Å². The lowest BCUT2D eigenvalue weighted by molar-refractivity contribution is 0.225. The maximum absolute atomic E-state index is 9.22. The van der Waals surface area contributed by atoms with E-state index in [1.807, 2.05) is 6.07 Å². The lowest BCUT2D eigenvalue weighted by atomic mass is 10.1. The van der Waals surface area contributed by atoms with Gasteiger partial charge in [0.05, 0.1) is 17.4 Å². The summed E-state index contributed by atoms with van der Waals surface area (Å²) in [4.78, 5) is 9.48. The molecule has 2 rings (SSSR count). The molecule has 0 saturated heterocycles. The van der Waals surface area contributed by atoms with Gasteiger partial charge in [-0.1, -0.05) is 6.92 Å². The van der Waals surface area contributed by atoms with Crippen LogP contribution in [0.2, 0.25) is 0 Å². The molecule has 2 N–H and O–H groups in total. The topological polar surface area (TPSA) is 52.1 Å². The van der Waals surface area contributed by atoms with Gasteiger partial charge in [0.25, 0.3) is 0 Å². The number of anilines is 1. The summed E-state index contributed by atoms with van der Waals surface area (Å²) in [5.41, 5.74) is 3.18. The van der Waals surface area contributed by atoms with Gasteiger partial charge in [0, 0.05) is 25.9 Å². The Morgan fingerprint density at radius 1 is 1.47 bits per heavy atom. The molecule has 0 amide bonds. The van der Waals surface area contributed by atoms with Crippen molar-refractivity contribution in [2.75, 3.05) is 25.1 Å². The second kappa shape index (κ2) is 5.19. The molecule has 0 aliphatic carbocycles. The zero-order valence-electron chi connectivity index (χ0n) is 10.3. The first kappa shape index (κ1) is 11.9. The number of nitrogens with zero attached hydrogens (tertiary/aromatic N) is 2. The van der Waals surface area contributed by atoms with E-state index in [0.717, 1.165) is 29.7 Å². The lowest BCUT2D eigenvalue weighted by Crippen LogP contribution is -2.27. The summed E-state index contributed by atoms with van der Waals surface area (Å²) in [6.45, 7) is 3.21. The zero-order chi connectivity index (χ0) is 12.3. The Morgan fingerprint density at radius 2 is 2.29 bits per heavy atom. The third kappa shape index (κ3) is 2.58. The quantitative estimate of drug-likeness (QED) is 0.830. The predicted octanol–water partition coefficient (Wildman–Crippen LogP) is 2.02. The van der Waals surface area contributed by atoms with E-state index in [2.05, 4.69) is 41.0 Å². The highest BCUT2D eigenvalue weighted by Gasteiger charge is 2.09. The maximum Gasteiger partial charge on any atom is 0.0931 e. The number of nitrogens with one attached hydrogen (secondary N) is 1. The number of aliphatic hydroxyl groups excluding tert-OH is 1. The van der Waals surface area contributed by atoms with Crippen LogP contribution in [0.4, 0.5) is 5.69 Å². The number of aromatic amines is 1. The van der Waals surface area contributed by atoms with Crippen molar-refractivity contribution in [3.05, 3.63) is 24.5 Å². The highest BCUT2D eigenvalue weighted by Crippen LogP contribution is 2.20. The normalized spacial score (nSPS) is 12.9. The smallest absolute Gasteiger partial charge is 0.0931 e. The number of rotatable bonds is 5. The molecule has 0 spiro atoms. The molecule has 0 saturated carbocycles. The van der Waals surface area contributed by atoms with Crippen molar-refractivity contribution in [1.82, 2.24) is 9.97 Å². The molecule has 1 aromatic heterocycles. The molecule has 4 heteroatoms. The Hall–Kier alpha value is -1.55. The standard InChI is InChI=1S/C13H19N3O/c1-3-10(8-17)7-16(2)11-4-5-12-13(6-11)15-9-14-12/h4-6,9-10,17H,3,7-8H2,1-2H3,(H,14,15). The summed E-state index contributed by atoms with van der Waals surface area (Å²) in [6, 6.07) is 6.16. The van der Waals surface area contributed by atoms with Gasteiger partial charge in [0.15, 0.2) is 0 Å². The number of hydrogen-bond acceptors (Lipinski definition) is 3. The average molecular weight is 233 g/mol. The molecular formula is C13H19N3O. The number of H-pyrrole nitrogens is 1. The highest BCUT2D eigenvalue weighted by atomic mass is 16.3. The number of fused-ring (bicyclic) bond motifs is 1. The van der Waals surface area contributed by atoms with Gasteiger partial charge < -0.3 is 15.0 Å². The molecule has 0 aliphatic heterocycles. The average Bonchev–Trinajstić information content (AvgIpc) is 2.82. The molecule has 0 radical (unpaired) electrons. The van der Waals surface area contributed by atoms with Crippen LogP contribution in [0.25, 0.3) is 11.0 Å². The van der Waals surface area contributed by atoms with Crippen molar-refractivity contribution < 1.29 is 5.11 Å². The van der Waals surface area contributed by atoms with Crippen molar-refractivity contribution >= 4 is 16.7 Å². The van der Waals surface area contributed by atoms with Gasteiger partial charge in [0.2, 0.25) is 0 Å². The molecule has 1 unspecified atom stereocenters. The van der Waals surface area contributed by atoms with Crippen LogP contribution >= 0.6 is 0 Å². The van der Waals surface area contributed by atoms with Crippen LogP contribution in [0.15, 0.2) is 24.5 Å². The number of aliphatic hydroxyl groups is 1. The van der Waals surface area contributed by atoms with Crippen molar-refractivity contribution in [3.8, 4) is 0 Å². The second-order valence-electron chi connectivity index (χ2n) is 4.44. The lowest BCUT2D eigenvalue weighted by Gasteiger charge is -2.23. The summed E-state index contributed by atoms with van der Waals surface area (Å²) in [5.74, 6) is 0.331. The Morgan fingerprint density at radius 3 is 3.00 bits per heavy atom. The Bertz CT molecular complexity index is 476. The summed E-state index contributed by atoms with van der Waals surface area (Å²) in [7, 11) is 2.05. The monoisotopic (exact) mass is 233 g/mol. The highest BCUT2D eigenvalue weighted by molar-refractivity contribution is 5.78. The molecule has 2 aromatic rings. The number of hydrogen-bond donors (Lipinski definition) is 2. The number of aromatic nitrogens is 2. The Balaban J connectivity index is 2.14. The summed E-state index contributed by atoms with van der Waals surface area (Å²) in [6.07, 6.45) is 2.70. The minimum absolute atomic E-state index is 0.243. The summed E-state index contributed by atoms with van der Waals surface area (Å²) < 4.78 is 0. The first-order valence-corrected chi connectivity index (χ1v) is 5.99. The van der Waals surface area contributed by atoms with Crippen LogP contribution in [-0.2, 0) is 0 Å². The number of imidazole rings is 1. The molecular weight excluding hydrogens is 214 g/mol.